The predicted octanol–water partition coefficient (Wildman–Crippen LogP) is 3.23. The van der Waals surface area contributed by atoms with Crippen LogP contribution in [0.15, 0.2) is 34.9 Å². The summed E-state index contributed by atoms with van der Waals surface area (Å²) >= 11 is 4.54. The number of nitrogens with one attached hydrogen (secondary N) is 2. The average Bonchev–Trinajstić information content (AvgIpc) is 2.89. The van der Waals surface area contributed by atoms with Gasteiger partial charge in [0.05, 0.1) is 6.20 Å². The van der Waals surface area contributed by atoms with Gasteiger partial charge >= 0.3 is 6.03 Å². The van der Waals surface area contributed by atoms with Gasteiger partial charge in [-0.05, 0) is 23.6 Å². The van der Waals surface area contributed by atoms with Crippen LogP contribution in [0.4, 0.5) is 9.80 Å². The zero-order valence-electron chi connectivity index (χ0n) is 10.3. The lowest BCUT2D eigenvalue weighted by Gasteiger charge is -2.13. The fraction of sp³-hybridized carbons (Fsp3) is 0.250. The van der Waals surface area contributed by atoms with E-state index in [1.807, 2.05) is 24.3 Å². The second kappa shape index (κ2) is 6.63. The molecule has 0 aliphatic rings. The van der Waals surface area contributed by atoms with Gasteiger partial charge in [0.2, 0.25) is 0 Å². The number of hydrogen-bond donors (Lipinski definition) is 2. The molecule has 2 rings (SSSR count). The first-order chi connectivity index (χ1) is 9.15. The summed E-state index contributed by atoms with van der Waals surface area (Å²) in [6, 6.07) is 7.84. The predicted molar refractivity (Wildman–Crippen MR) is 79.5 cm³/mol. The lowest BCUT2D eigenvalue weighted by atomic mass is 10.0. The van der Waals surface area contributed by atoms with E-state index in [-0.39, 0.29) is 11.9 Å². The van der Waals surface area contributed by atoms with Crippen LogP contribution < -0.4 is 10.6 Å². The van der Waals surface area contributed by atoms with Gasteiger partial charge in [-0.3, -0.25) is 5.32 Å². The highest BCUT2D eigenvalue weighted by Gasteiger charge is 2.08. The number of rotatable bonds is 4. The van der Waals surface area contributed by atoms with Crippen molar-refractivity contribution in [3.63, 3.8) is 0 Å². The third-order valence-corrected chi connectivity index (χ3v) is 3.71. The van der Waals surface area contributed by atoms with E-state index in [0.29, 0.717) is 11.5 Å². The summed E-state index contributed by atoms with van der Waals surface area (Å²) < 4.78 is 4.72. The Hall–Kier alpha value is -1.47. The largest absolute Gasteiger partial charge is 0.337 e. The standard InChI is InChI=1S/C12H13BrN4OS/c1-8(9-2-4-10(13)5-3-9)6-14-12(18)16-11-7-15-17-19-11/h2-5,7-8H,6H2,1H3,(H2,14,16,18). The second-order valence-electron chi connectivity index (χ2n) is 4.07. The van der Waals surface area contributed by atoms with Crippen LogP contribution in [0, 0.1) is 0 Å². The molecule has 100 valence electrons. The second-order valence-corrected chi connectivity index (χ2v) is 5.77. The number of carbonyl (C=O) groups excluding carboxylic acids is 1. The molecule has 1 unspecified atom stereocenters. The molecule has 2 aromatic rings. The molecule has 1 heterocycles. The van der Waals surface area contributed by atoms with Crippen LogP contribution in [0.2, 0.25) is 0 Å². The van der Waals surface area contributed by atoms with E-state index < -0.39 is 0 Å². The van der Waals surface area contributed by atoms with Gasteiger partial charge in [0.25, 0.3) is 0 Å². The van der Waals surface area contributed by atoms with Crippen LogP contribution in [-0.2, 0) is 0 Å². The molecule has 19 heavy (non-hydrogen) atoms. The number of nitrogens with zero attached hydrogens (tertiary/aromatic N) is 2. The molecule has 1 aromatic heterocycles. The van der Waals surface area contributed by atoms with Crippen LogP contribution in [0.25, 0.3) is 0 Å². The molecule has 0 spiro atoms. The van der Waals surface area contributed by atoms with Crippen molar-refractivity contribution < 1.29 is 4.79 Å². The summed E-state index contributed by atoms with van der Waals surface area (Å²) in [5.41, 5.74) is 1.18. The van der Waals surface area contributed by atoms with Crippen LogP contribution >= 0.6 is 27.5 Å². The topological polar surface area (TPSA) is 66.9 Å². The number of carbonyl (C=O) groups is 1. The molecule has 5 nitrogen and oxygen atoms in total. The highest BCUT2D eigenvalue weighted by Crippen LogP contribution is 2.17. The normalized spacial score (nSPS) is 11.9. The third kappa shape index (κ3) is 4.29. The Labute approximate surface area is 123 Å². The van der Waals surface area contributed by atoms with E-state index in [0.717, 1.165) is 16.0 Å². The van der Waals surface area contributed by atoms with Gasteiger partial charge in [-0.2, -0.15) is 0 Å². The van der Waals surface area contributed by atoms with Crippen molar-refractivity contribution >= 4 is 38.5 Å². The van der Waals surface area contributed by atoms with E-state index >= 15 is 0 Å². The lowest BCUT2D eigenvalue weighted by molar-refractivity contribution is 0.251. The van der Waals surface area contributed by atoms with Crippen LogP contribution in [-0.4, -0.2) is 22.2 Å². The van der Waals surface area contributed by atoms with Crippen molar-refractivity contribution in [2.75, 3.05) is 11.9 Å². The van der Waals surface area contributed by atoms with Gasteiger partial charge in [-0.15, -0.1) is 5.10 Å². The Bertz CT molecular complexity index is 529. The minimum absolute atomic E-state index is 0.241. The maximum atomic E-state index is 11.6. The summed E-state index contributed by atoms with van der Waals surface area (Å²) in [5.74, 6) is 0.249. The molecule has 1 atom stereocenters. The molecule has 0 aliphatic heterocycles. The van der Waals surface area contributed by atoms with E-state index in [4.69, 9.17) is 0 Å². The summed E-state index contributed by atoms with van der Waals surface area (Å²) in [6.45, 7) is 2.64. The number of hydrogen-bond acceptors (Lipinski definition) is 4. The van der Waals surface area contributed by atoms with Crippen molar-refractivity contribution in [2.45, 2.75) is 12.8 Å². The number of anilines is 1. The van der Waals surface area contributed by atoms with Crippen molar-refractivity contribution in [3.05, 3.63) is 40.5 Å². The van der Waals surface area contributed by atoms with Crippen LogP contribution in [0.3, 0.4) is 0 Å². The van der Waals surface area contributed by atoms with Crippen molar-refractivity contribution in [3.8, 4) is 0 Å². The number of halogens is 1. The van der Waals surface area contributed by atoms with Crippen molar-refractivity contribution in [2.24, 2.45) is 0 Å². The minimum Gasteiger partial charge on any atom is -0.337 e. The Morgan fingerprint density at radius 1 is 1.42 bits per heavy atom. The molecule has 0 fully saturated rings. The molecule has 0 aliphatic carbocycles. The monoisotopic (exact) mass is 340 g/mol. The maximum Gasteiger partial charge on any atom is 0.319 e. The number of amides is 2. The van der Waals surface area contributed by atoms with E-state index in [2.05, 4.69) is 43.1 Å². The molecule has 2 N–H and O–H groups in total. The van der Waals surface area contributed by atoms with Gasteiger partial charge in [-0.1, -0.05) is 39.5 Å². The summed E-state index contributed by atoms with van der Waals surface area (Å²) in [5, 5.41) is 9.78. The summed E-state index contributed by atoms with van der Waals surface area (Å²) in [4.78, 5) is 11.6. The molecule has 7 heteroatoms. The third-order valence-electron chi connectivity index (χ3n) is 2.61. The van der Waals surface area contributed by atoms with Gasteiger partial charge in [-0.25, -0.2) is 4.79 Å². The Morgan fingerprint density at radius 3 is 2.79 bits per heavy atom. The SMILES string of the molecule is CC(CNC(=O)Nc1cnns1)c1ccc(Br)cc1. The zero-order chi connectivity index (χ0) is 13.7. The molecular formula is C12H13BrN4OS. The molecule has 0 radical (unpaired) electrons. The van der Waals surface area contributed by atoms with Crippen molar-refractivity contribution in [1.29, 1.82) is 0 Å². The van der Waals surface area contributed by atoms with Crippen LogP contribution in [0.5, 0.6) is 0 Å². The van der Waals surface area contributed by atoms with E-state index in [9.17, 15) is 4.79 Å². The van der Waals surface area contributed by atoms with Crippen LogP contribution in [0.1, 0.15) is 18.4 Å². The average molecular weight is 341 g/mol. The number of aromatic nitrogens is 2. The van der Waals surface area contributed by atoms with Gasteiger partial charge in [0, 0.05) is 22.5 Å². The van der Waals surface area contributed by atoms with E-state index in [1.165, 1.54) is 11.8 Å². The lowest BCUT2D eigenvalue weighted by Crippen LogP contribution is -2.31. The number of urea groups is 1. The smallest absolute Gasteiger partial charge is 0.319 e. The highest BCUT2D eigenvalue weighted by molar-refractivity contribution is 9.10. The Morgan fingerprint density at radius 2 is 2.16 bits per heavy atom. The summed E-state index contributed by atoms with van der Waals surface area (Å²) in [7, 11) is 0. The van der Waals surface area contributed by atoms with Gasteiger partial charge in [0.1, 0.15) is 5.00 Å². The Balaban J connectivity index is 1.81. The number of benzene rings is 1. The minimum atomic E-state index is -0.241. The fourth-order valence-corrected chi connectivity index (χ4v) is 2.21. The molecule has 2 amide bonds. The maximum absolute atomic E-state index is 11.6. The first-order valence-corrected chi connectivity index (χ1v) is 7.29. The molecule has 1 aromatic carbocycles. The van der Waals surface area contributed by atoms with E-state index in [1.54, 1.807) is 0 Å². The zero-order valence-corrected chi connectivity index (χ0v) is 12.7. The quantitative estimate of drug-likeness (QED) is 0.897. The molecule has 0 bridgehead atoms. The first kappa shape index (κ1) is 14.0. The molecule has 0 saturated heterocycles. The summed E-state index contributed by atoms with van der Waals surface area (Å²) in [6.07, 6.45) is 1.52. The van der Waals surface area contributed by atoms with Crippen molar-refractivity contribution in [1.82, 2.24) is 14.9 Å². The molecular weight excluding hydrogens is 328 g/mol. The Kier molecular flexibility index (Phi) is 4.86. The van der Waals surface area contributed by atoms with Gasteiger partial charge < -0.3 is 5.32 Å². The first-order valence-electron chi connectivity index (χ1n) is 5.73. The molecule has 0 saturated carbocycles. The van der Waals surface area contributed by atoms with Gasteiger partial charge in [0.15, 0.2) is 0 Å². The fourth-order valence-electron chi connectivity index (χ4n) is 1.53. The highest BCUT2D eigenvalue weighted by atomic mass is 79.9.